The maximum absolute atomic E-state index is 4.57. The van der Waals surface area contributed by atoms with Crippen molar-refractivity contribution in [3.8, 4) is 5.69 Å². The van der Waals surface area contributed by atoms with Crippen LogP contribution in [0.4, 0.5) is 0 Å². The Hall–Kier alpha value is -1.61. The van der Waals surface area contributed by atoms with E-state index in [4.69, 9.17) is 0 Å². The van der Waals surface area contributed by atoms with E-state index < -0.39 is 0 Å². The van der Waals surface area contributed by atoms with E-state index in [0.29, 0.717) is 5.92 Å². The standard InChI is InChI=1S/C14H19N3/c1-11(2)13-6-4-5-7-14(13)17-9-8-12(16-17)10-15-3/h4-9,11,15H,10H2,1-3H3. The Morgan fingerprint density at radius 1 is 1.24 bits per heavy atom. The highest BCUT2D eigenvalue weighted by atomic mass is 15.3. The van der Waals surface area contributed by atoms with Gasteiger partial charge in [0, 0.05) is 12.7 Å². The van der Waals surface area contributed by atoms with Crippen molar-refractivity contribution in [1.82, 2.24) is 15.1 Å². The van der Waals surface area contributed by atoms with Gasteiger partial charge in [-0.2, -0.15) is 5.10 Å². The van der Waals surface area contributed by atoms with E-state index in [1.54, 1.807) is 0 Å². The van der Waals surface area contributed by atoms with Gasteiger partial charge in [0.1, 0.15) is 0 Å². The summed E-state index contributed by atoms with van der Waals surface area (Å²) < 4.78 is 1.96. The zero-order valence-corrected chi connectivity index (χ0v) is 10.6. The summed E-state index contributed by atoms with van der Waals surface area (Å²) in [5, 5.41) is 7.68. The molecule has 3 nitrogen and oxygen atoms in total. The summed E-state index contributed by atoms with van der Waals surface area (Å²) in [5.41, 5.74) is 3.56. The molecular formula is C14H19N3. The van der Waals surface area contributed by atoms with Crippen molar-refractivity contribution in [2.45, 2.75) is 26.3 Å². The highest BCUT2D eigenvalue weighted by Gasteiger charge is 2.08. The van der Waals surface area contributed by atoms with Gasteiger partial charge in [-0.15, -0.1) is 0 Å². The molecule has 0 fully saturated rings. The maximum Gasteiger partial charge on any atom is 0.0766 e. The molecule has 1 N–H and O–H groups in total. The van der Waals surface area contributed by atoms with E-state index in [-0.39, 0.29) is 0 Å². The molecule has 0 unspecified atom stereocenters. The van der Waals surface area contributed by atoms with Crippen LogP contribution in [0.3, 0.4) is 0 Å². The summed E-state index contributed by atoms with van der Waals surface area (Å²) >= 11 is 0. The van der Waals surface area contributed by atoms with E-state index in [0.717, 1.165) is 12.2 Å². The molecule has 2 aromatic rings. The molecule has 0 aliphatic rings. The van der Waals surface area contributed by atoms with Crippen LogP contribution in [0.25, 0.3) is 5.69 Å². The van der Waals surface area contributed by atoms with Crippen LogP contribution in [-0.4, -0.2) is 16.8 Å². The number of hydrogen-bond donors (Lipinski definition) is 1. The molecule has 0 radical (unpaired) electrons. The van der Waals surface area contributed by atoms with Crippen LogP contribution in [0.15, 0.2) is 36.5 Å². The molecular weight excluding hydrogens is 210 g/mol. The summed E-state index contributed by atoms with van der Waals surface area (Å²) in [7, 11) is 1.93. The molecule has 0 bridgehead atoms. The molecule has 0 saturated carbocycles. The van der Waals surface area contributed by atoms with Gasteiger partial charge in [0.05, 0.1) is 11.4 Å². The van der Waals surface area contributed by atoms with Crippen molar-refractivity contribution < 1.29 is 0 Å². The molecule has 1 aromatic carbocycles. The first-order chi connectivity index (χ1) is 8.22. The quantitative estimate of drug-likeness (QED) is 0.873. The van der Waals surface area contributed by atoms with Gasteiger partial charge < -0.3 is 5.32 Å². The van der Waals surface area contributed by atoms with Crippen molar-refractivity contribution >= 4 is 0 Å². The first kappa shape index (κ1) is 11.9. The number of aromatic nitrogens is 2. The number of benzene rings is 1. The molecule has 1 heterocycles. The number of para-hydroxylation sites is 1. The summed E-state index contributed by atoms with van der Waals surface area (Å²) in [5.74, 6) is 0.503. The van der Waals surface area contributed by atoms with Gasteiger partial charge in [-0.1, -0.05) is 32.0 Å². The third-order valence-electron chi connectivity index (χ3n) is 2.81. The second kappa shape index (κ2) is 5.15. The minimum absolute atomic E-state index is 0.503. The zero-order valence-electron chi connectivity index (χ0n) is 10.6. The predicted octanol–water partition coefficient (Wildman–Crippen LogP) is 2.72. The Balaban J connectivity index is 2.38. The predicted molar refractivity (Wildman–Crippen MR) is 70.4 cm³/mol. The van der Waals surface area contributed by atoms with E-state index in [1.165, 1.54) is 11.3 Å². The Kier molecular flexibility index (Phi) is 3.59. The Morgan fingerprint density at radius 2 is 2.00 bits per heavy atom. The number of nitrogens with one attached hydrogen (secondary N) is 1. The van der Waals surface area contributed by atoms with Crippen molar-refractivity contribution in [1.29, 1.82) is 0 Å². The maximum atomic E-state index is 4.57. The van der Waals surface area contributed by atoms with Gasteiger partial charge in [-0.05, 0) is 30.7 Å². The van der Waals surface area contributed by atoms with Crippen molar-refractivity contribution in [3.63, 3.8) is 0 Å². The van der Waals surface area contributed by atoms with Crippen LogP contribution in [0, 0.1) is 0 Å². The minimum atomic E-state index is 0.503. The lowest BCUT2D eigenvalue weighted by Crippen LogP contribution is -2.07. The van der Waals surface area contributed by atoms with Gasteiger partial charge in [0.25, 0.3) is 0 Å². The lowest BCUT2D eigenvalue weighted by Gasteiger charge is -2.12. The second-order valence-electron chi connectivity index (χ2n) is 4.50. The minimum Gasteiger partial charge on any atom is -0.314 e. The zero-order chi connectivity index (χ0) is 12.3. The first-order valence-electron chi connectivity index (χ1n) is 6.01. The average molecular weight is 229 g/mol. The van der Waals surface area contributed by atoms with E-state index in [9.17, 15) is 0 Å². The third-order valence-corrected chi connectivity index (χ3v) is 2.81. The molecule has 0 amide bonds. The second-order valence-corrected chi connectivity index (χ2v) is 4.50. The van der Waals surface area contributed by atoms with Crippen LogP contribution in [0.5, 0.6) is 0 Å². The molecule has 90 valence electrons. The van der Waals surface area contributed by atoms with Crippen LogP contribution in [-0.2, 0) is 6.54 Å². The first-order valence-corrected chi connectivity index (χ1v) is 6.01. The lowest BCUT2D eigenvalue weighted by molar-refractivity contribution is 0.747. The Labute approximate surface area is 102 Å². The monoisotopic (exact) mass is 229 g/mol. The normalized spacial score (nSPS) is 11.1. The third kappa shape index (κ3) is 2.56. The van der Waals surface area contributed by atoms with E-state index in [1.807, 2.05) is 24.0 Å². The summed E-state index contributed by atoms with van der Waals surface area (Å²) in [4.78, 5) is 0. The topological polar surface area (TPSA) is 29.9 Å². The Morgan fingerprint density at radius 3 is 2.71 bits per heavy atom. The number of rotatable bonds is 4. The van der Waals surface area contributed by atoms with Crippen molar-refractivity contribution in [3.05, 3.63) is 47.8 Å². The molecule has 0 saturated heterocycles. The number of nitrogens with zero attached hydrogens (tertiary/aromatic N) is 2. The van der Waals surface area contributed by atoms with Crippen LogP contribution in [0.2, 0.25) is 0 Å². The van der Waals surface area contributed by atoms with Crippen molar-refractivity contribution in [2.24, 2.45) is 0 Å². The fourth-order valence-corrected chi connectivity index (χ4v) is 1.96. The van der Waals surface area contributed by atoms with Gasteiger partial charge >= 0.3 is 0 Å². The summed E-state index contributed by atoms with van der Waals surface area (Å²) in [6.07, 6.45) is 2.02. The van der Waals surface area contributed by atoms with Gasteiger partial charge in [-0.3, -0.25) is 0 Å². The molecule has 17 heavy (non-hydrogen) atoms. The molecule has 0 aliphatic heterocycles. The van der Waals surface area contributed by atoms with Crippen molar-refractivity contribution in [2.75, 3.05) is 7.05 Å². The van der Waals surface area contributed by atoms with E-state index in [2.05, 4.69) is 48.5 Å². The highest BCUT2D eigenvalue weighted by molar-refractivity contribution is 5.42. The van der Waals surface area contributed by atoms with Gasteiger partial charge in [-0.25, -0.2) is 4.68 Å². The average Bonchev–Trinajstić information content (AvgIpc) is 2.78. The molecule has 0 spiro atoms. The molecule has 3 heteroatoms. The molecule has 2 rings (SSSR count). The lowest BCUT2D eigenvalue weighted by atomic mass is 10.0. The number of hydrogen-bond acceptors (Lipinski definition) is 2. The van der Waals surface area contributed by atoms with Gasteiger partial charge in [0.15, 0.2) is 0 Å². The van der Waals surface area contributed by atoms with Crippen LogP contribution in [0.1, 0.15) is 31.0 Å². The SMILES string of the molecule is CNCc1ccn(-c2ccccc2C(C)C)n1. The van der Waals surface area contributed by atoms with Gasteiger partial charge in [0.2, 0.25) is 0 Å². The highest BCUT2D eigenvalue weighted by Crippen LogP contribution is 2.22. The molecule has 0 atom stereocenters. The molecule has 1 aromatic heterocycles. The summed E-state index contributed by atoms with van der Waals surface area (Å²) in [6, 6.07) is 10.5. The smallest absolute Gasteiger partial charge is 0.0766 e. The van der Waals surface area contributed by atoms with Crippen LogP contribution >= 0.6 is 0 Å². The van der Waals surface area contributed by atoms with Crippen LogP contribution < -0.4 is 5.32 Å². The molecule has 0 aliphatic carbocycles. The fraction of sp³-hybridized carbons (Fsp3) is 0.357. The largest absolute Gasteiger partial charge is 0.314 e. The Bertz CT molecular complexity index is 486. The van der Waals surface area contributed by atoms with E-state index >= 15 is 0 Å². The summed E-state index contributed by atoms with van der Waals surface area (Å²) in [6.45, 7) is 5.21. The fourth-order valence-electron chi connectivity index (χ4n) is 1.96.